The Kier molecular flexibility index (Phi) is 7.97. The van der Waals surface area contributed by atoms with Crippen LogP contribution in [0.3, 0.4) is 0 Å². The summed E-state index contributed by atoms with van der Waals surface area (Å²) in [5.41, 5.74) is 3.25. The number of methoxy groups -OCH3 is 1. The third kappa shape index (κ3) is 5.85. The minimum absolute atomic E-state index is 0.0554. The van der Waals surface area contributed by atoms with Gasteiger partial charge in [0, 0.05) is 17.3 Å². The van der Waals surface area contributed by atoms with Gasteiger partial charge in [-0.25, -0.2) is 5.01 Å². The van der Waals surface area contributed by atoms with Gasteiger partial charge in [-0.2, -0.15) is 5.10 Å². The van der Waals surface area contributed by atoms with E-state index in [1.807, 2.05) is 30.3 Å². The first-order valence-corrected chi connectivity index (χ1v) is 13.6. The molecule has 2 aromatic carbocycles. The van der Waals surface area contributed by atoms with Crippen LogP contribution in [-0.2, 0) is 6.54 Å². The summed E-state index contributed by atoms with van der Waals surface area (Å²) >= 11 is 1.29. The Balaban J connectivity index is 1.34. The number of ether oxygens (including phenoxy) is 2. The smallest absolute Gasteiger partial charge is 0.302 e. The molecule has 0 radical (unpaired) electrons. The van der Waals surface area contributed by atoms with Crippen molar-refractivity contribution in [1.29, 1.82) is 0 Å². The largest absolute Gasteiger partial charge is 0.493 e. The summed E-state index contributed by atoms with van der Waals surface area (Å²) in [5, 5.41) is 12.5. The Morgan fingerprint density at radius 3 is 2.61 bits per heavy atom. The van der Waals surface area contributed by atoms with Crippen molar-refractivity contribution in [2.24, 2.45) is 5.10 Å². The zero-order valence-electron chi connectivity index (χ0n) is 21.4. The monoisotopic (exact) mass is 534 g/mol. The summed E-state index contributed by atoms with van der Waals surface area (Å²) in [5.74, 6) is 1.16. The maximum Gasteiger partial charge on any atom is 0.302 e. The maximum absolute atomic E-state index is 12.9. The lowest BCUT2D eigenvalue weighted by Gasteiger charge is -2.29. The first-order chi connectivity index (χ1) is 18.5. The summed E-state index contributed by atoms with van der Waals surface area (Å²) in [7, 11) is 1.64. The molecule has 1 N–H and O–H groups in total. The third-order valence-corrected chi connectivity index (χ3v) is 7.87. The van der Waals surface area contributed by atoms with Crippen LogP contribution in [0, 0.1) is 0 Å². The van der Waals surface area contributed by atoms with Gasteiger partial charge in [0.15, 0.2) is 11.5 Å². The Morgan fingerprint density at radius 2 is 1.92 bits per heavy atom. The van der Waals surface area contributed by atoms with E-state index in [-0.39, 0.29) is 28.3 Å². The van der Waals surface area contributed by atoms with Crippen LogP contribution >= 0.6 is 11.8 Å². The van der Waals surface area contributed by atoms with Crippen molar-refractivity contribution < 1.29 is 23.6 Å². The fourth-order valence-corrected chi connectivity index (χ4v) is 5.53. The highest BCUT2D eigenvalue weighted by atomic mass is 32.2. The molecule has 2 heterocycles. The summed E-state index contributed by atoms with van der Waals surface area (Å²) in [4.78, 5) is 25.1. The number of aromatic nitrogens is 1. The summed E-state index contributed by atoms with van der Waals surface area (Å²) in [6.07, 6.45) is 6.84. The molecule has 1 unspecified atom stereocenters. The summed E-state index contributed by atoms with van der Waals surface area (Å²) < 4.78 is 16.7. The van der Waals surface area contributed by atoms with Crippen molar-refractivity contribution in [1.82, 2.24) is 10.2 Å². The lowest BCUT2D eigenvalue weighted by molar-refractivity contribution is 0.0988. The van der Waals surface area contributed by atoms with E-state index in [4.69, 9.17) is 19.1 Å². The molecule has 5 rings (SSSR count). The van der Waals surface area contributed by atoms with Crippen LogP contribution in [0.2, 0.25) is 0 Å². The molecule has 3 aromatic rings. The molecule has 1 aromatic heterocycles. The van der Waals surface area contributed by atoms with E-state index in [0.29, 0.717) is 23.7 Å². The van der Waals surface area contributed by atoms with E-state index >= 15 is 0 Å². The topological polar surface area (TPSA) is 106 Å². The van der Waals surface area contributed by atoms with Crippen LogP contribution in [0.25, 0.3) is 0 Å². The molecule has 2 aliphatic rings. The highest BCUT2D eigenvalue weighted by Crippen LogP contribution is 2.36. The molecule has 1 fully saturated rings. The second kappa shape index (κ2) is 11.7. The van der Waals surface area contributed by atoms with Crippen LogP contribution in [0.4, 0.5) is 10.5 Å². The zero-order valence-corrected chi connectivity index (χ0v) is 22.2. The SMILES string of the molecule is CCC1SC(=O)N(Cc2ccc(NC(=O)c3ccno3)cc2)N=C1c1ccc(OC)c(OC2CCCC2)c1. The predicted octanol–water partition coefficient (Wildman–Crippen LogP) is 6.11. The van der Waals surface area contributed by atoms with E-state index in [1.165, 1.54) is 41.9 Å². The van der Waals surface area contributed by atoms with Crippen LogP contribution in [-0.4, -0.2) is 45.5 Å². The quantitative estimate of drug-likeness (QED) is 0.353. The molecule has 9 nitrogen and oxygen atoms in total. The average Bonchev–Trinajstić information content (AvgIpc) is 3.66. The molecule has 1 aliphatic heterocycles. The summed E-state index contributed by atoms with van der Waals surface area (Å²) in [6, 6.07) is 14.6. The van der Waals surface area contributed by atoms with Gasteiger partial charge in [0.2, 0.25) is 5.76 Å². The number of anilines is 1. The highest BCUT2D eigenvalue weighted by molar-refractivity contribution is 8.14. The zero-order chi connectivity index (χ0) is 26.5. The molecule has 38 heavy (non-hydrogen) atoms. The standard InChI is InChI=1S/C28H30N4O5S/c1-3-25-26(19-10-13-22(35-2)24(16-19)36-21-6-4-5-7-21)31-32(28(34)38-25)17-18-8-11-20(12-9-18)30-27(33)23-14-15-29-37-23/h8-16,21,25H,3-7,17H2,1-2H3,(H,30,33). The Morgan fingerprint density at radius 1 is 1.13 bits per heavy atom. The first-order valence-electron chi connectivity index (χ1n) is 12.8. The van der Waals surface area contributed by atoms with E-state index in [1.54, 1.807) is 19.2 Å². The van der Waals surface area contributed by atoms with Crippen LogP contribution in [0.1, 0.15) is 60.7 Å². The van der Waals surface area contributed by atoms with Gasteiger partial charge in [-0.3, -0.25) is 9.59 Å². The molecule has 1 atom stereocenters. The Labute approximate surface area is 225 Å². The summed E-state index contributed by atoms with van der Waals surface area (Å²) in [6.45, 7) is 2.37. The van der Waals surface area contributed by atoms with Gasteiger partial charge in [-0.1, -0.05) is 36.0 Å². The predicted molar refractivity (Wildman–Crippen MR) is 146 cm³/mol. The van der Waals surface area contributed by atoms with Gasteiger partial charge in [0.05, 0.1) is 36.9 Å². The fraction of sp³-hybridized carbons (Fsp3) is 0.357. The molecule has 1 aliphatic carbocycles. The second-order valence-electron chi connectivity index (χ2n) is 9.24. The van der Waals surface area contributed by atoms with Crippen LogP contribution in [0.5, 0.6) is 11.5 Å². The van der Waals surface area contributed by atoms with Gasteiger partial charge < -0.3 is 19.3 Å². The number of nitrogens with zero attached hydrogens (tertiary/aromatic N) is 3. The van der Waals surface area contributed by atoms with E-state index < -0.39 is 0 Å². The van der Waals surface area contributed by atoms with Crippen molar-refractivity contribution in [2.45, 2.75) is 56.9 Å². The number of nitrogens with one attached hydrogen (secondary N) is 1. The molecule has 0 bridgehead atoms. The number of benzene rings is 2. The highest BCUT2D eigenvalue weighted by Gasteiger charge is 2.31. The minimum atomic E-state index is -0.381. The van der Waals surface area contributed by atoms with Crippen molar-refractivity contribution in [3.05, 3.63) is 71.6 Å². The van der Waals surface area contributed by atoms with Gasteiger partial charge in [-0.05, 0) is 68.0 Å². The molecular weight excluding hydrogens is 504 g/mol. The molecular formula is C28H30N4O5S. The van der Waals surface area contributed by atoms with Gasteiger partial charge in [-0.15, -0.1) is 0 Å². The van der Waals surface area contributed by atoms with Gasteiger partial charge in [0.25, 0.3) is 5.91 Å². The second-order valence-corrected chi connectivity index (χ2v) is 10.4. The molecule has 0 saturated heterocycles. The number of rotatable bonds is 9. The number of hydrogen-bond acceptors (Lipinski definition) is 8. The van der Waals surface area contributed by atoms with Gasteiger partial charge >= 0.3 is 5.24 Å². The molecule has 0 spiro atoms. The number of amides is 2. The Hall–Kier alpha value is -3.79. The number of thioether (sulfide) groups is 1. The average molecular weight is 535 g/mol. The van der Waals surface area contributed by atoms with Crippen molar-refractivity contribution >= 4 is 34.3 Å². The van der Waals surface area contributed by atoms with Crippen molar-refractivity contribution in [3.8, 4) is 11.5 Å². The van der Waals surface area contributed by atoms with E-state index in [0.717, 1.165) is 36.1 Å². The normalized spacial score (nSPS) is 17.8. The fourth-order valence-electron chi connectivity index (χ4n) is 4.60. The number of hydrazone groups is 1. The lowest BCUT2D eigenvalue weighted by Crippen LogP contribution is -2.34. The van der Waals surface area contributed by atoms with E-state index in [2.05, 4.69) is 17.4 Å². The van der Waals surface area contributed by atoms with E-state index in [9.17, 15) is 9.59 Å². The first kappa shape index (κ1) is 25.8. The van der Waals surface area contributed by atoms with Crippen LogP contribution in [0.15, 0.2) is 64.4 Å². The molecule has 1 saturated carbocycles. The molecule has 10 heteroatoms. The van der Waals surface area contributed by atoms with Crippen molar-refractivity contribution in [3.63, 3.8) is 0 Å². The Bertz CT molecular complexity index is 1300. The van der Waals surface area contributed by atoms with Crippen LogP contribution < -0.4 is 14.8 Å². The number of hydrogen-bond donors (Lipinski definition) is 1. The maximum atomic E-state index is 12.9. The minimum Gasteiger partial charge on any atom is -0.493 e. The lowest BCUT2D eigenvalue weighted by atomic mass is 10.0. The van der Waals surface area contributed by atoms with Crippen molar-refractivity contribution in [2.75, 3.05) is 12.4 Å². The number of carbonyl (C=O) groups is 2. The number of carbonyl (C=O) groups excluding carboxylic acids is 2. The third-order valence-electron chi connectivity index (χ3n) is 6.62. The van der Waals surface area contributed by atoms with Gasteiger partial charge in [0.1, 0.15) is 0 Å². The molecule has 198 valence electrons. The molecule has 2 amide bonds.